The number of aliphatic hydroxyl groups is 1. The van der Waals surface area contributed by atoms with Crippen LogP contribution in [0.25, 0.3) is 0 Å². The summed E-state index contributed by atoms with van der Waals surface area (Å²) < 4.78 is 24.5. The number of carbonyl (C=O) groups excluding carboxylic acids is 2. The molecule has 0 bridgehead atoms. The molecule has 1 aromatic carbocycles. The Hall–Kier alpha value is -2.35. The van der Waals surface area contributed by atoms with Crippen LogP contribution in [0, 0.1) is 5.82 Å². The average Bonchev–Trinajstić information content (AvgIpc) is 2.91. The first kappa shape index (κ1) is 20.0. The van der Waals surface area contributed by atoms with Gasteiger partial charge in [-0.05, 0) is 38.5 Å². The number of hydrogen-bond donors (Lipinski definition) is 3. The highest BCUT2D eigenvalue weighted by molar-refractivity contribution is 5.80. The molecule has 0 aromatic heterocycles. The van der Waals surface area contributed by atoms with E-state index in [1.165, 1.54) is 12.1 Å². The number of carbonyl (C=O) groups is 2. The number of halogens is 1. The molecular weight excluding hydrogens is 343 g/mol. The topological polar surface area (TPSA) is 96.9 Å². The van der Waals surface area contributed by atoms with E-state index in [0.29, 0.717) is 12.0 Å². The van der Waals surface area contributed by atoms with Crippen molar-refractivity contribution in [2.24, 2.45) is 0 Å². The summed E-state index contributed by atoms with van der Waals surface area (Å²) in [6, 6.07) is 4.47. The van der Waals surface area contributed by atoms with Gasteiger partial charge in [0.2, 0.25) is 0 Å². The smallest absolute Gasteiger partial charge is 0.407 e. The van der Waals surface area contributed by atoms with Gasteiger partial charge in [-0.3, -0.25) is 4.79 Å². The first-order valence-electron chi connectivity index (χ1n) is 8.51. The van der Waals surface area contributed by atoms with Gasteiger partial charge in [-0.1, -0.05) is 6.07 Å². The summed E-state index contributed by atoms with van der Waals surface area (Å²) in [5.74, 6) is -1.53. The number of anilines is 1. The number of ether oxygens (including phenoxy) is 2. The molecule has 1 aliphatic heterocycles. The maximum atomic E-state index is 14.1. The van der Waals surface area contributed by atoms with Crippen molar-refractivity contribution in [2.75, 3.05) is 25.0 Å². The summed E-state index contributed by atoms with van der Waals surface area (Å²) >= 11 is 0. The zero-order valence-corrected chi connectivity index (χ0v) is 15.2. The van der Waals surface area contributed by atoms with E-state index in [2.05, 4.69) is 10.6 Å². The molecule has 1 saturated heterocycles. The lowest BCUT2D eigenvalue weighted by Crippen LogP contribution is -2.36. The second-order valence-electron chi connectivity index (χ2n) is 7.12. The Balaban J connectivity index is 1.93. The fourth-order valence-corrected chi connectivity index (χ4v) is 2.64. The molecule has 0 aliphatic carbocycles. The molecule has 1 aromatic rings. The Morgan fingerprint density at radius 1 is 1.42 bits per heavy atom. The number of benzene rings is 1. The molecule has 26 heavy (non-hydrogen) atoms. The molecule has 3 N–H and O–H groups in total. The SMILES string of the molecule is CC(C)(C)OC(=O)NCC1CC(c2ccc(NCCO)c(F)c2)C(=O)O1. The van der Waals surface area contributed by atoms with E-state index >= 15 is 0 Å². The van der Waals surface area contributed by atoms with E-state index in [1.807, 2.05) is 0 Å². The van der Waals surface area contributed by atoms with E-state index in [4.69, 9.17) is 14.6 Å². The number of cyclic esters (lactones) is 1. The molecule has 1 heterocycles. The van der Waals surface area contributed by atoms with Gasteiger partial charge >= 0.3 is 12.1 Å². The minimum absolute atomic E-state index is 0.109. The maximum Gasteiger partial charge on any atom is 0.407 e. The third kappa shape index (κ3) is 5.59. The number of alkyl carbamates (subject to hydrolysis) is 1. The van der Waals surface area contributed by atoms with Gasteiger partial charge < -0.3 is 25.2 Å². The molecule has 0 radical (unpaired) electrons. The highest BCUT2D eigenvalue weighted by atomic mass is 19.1. The van der Waals surface area contributed by atoms with Crippen LogP contribution in [0.3, 0.4) is 0 Å². The molecule has 0 saturated carbocycles. The van der Waals surface area contributed by atoms with Gasteiger partial charge in [0.05, 0.1) is 24.8 Å². The van der Waals surface area contributed by atoms with Crippen molar-refractivity contribution in [3.63, 3.8) is 0 Å². The highest BCUT2D eigenvalue weighted by Crippen LogP contribution is 2.32. The summed E-state index contributed by atoms with van der Waals surface area (Å²) in [4.78, 5) is 23.8. The molecule has 2 rings (SSSR count). The number of esters is 1. The van der Waals surface area contributed by atoms with Gasteiger partial charge in [-0.2, -0.15) is 0 Å². The molecule has 1 aliphatic rings. The van der Waals surface area contributed by atoms with Crippen LogP contribution in [0.1, 0.15) is 38.7 Å². The zero-order valence-electron chi connectivity index (χ0n) is 15.2. The van der Waals surface area contributed by atoms with Crippen molar-refractivity contribution in [1.29, 1.82) is 0 Å². The Bertz CT molecular complexity index is 659. The molecule has 0 spiro atoms. The molecule has 8 heteroatoms. The molecule has 7 nitrogen and oxygen atoms in total. The quantitative estimate of drug-likeness (QED) is 0.666. The van der Waals surface area contributed by atoms with Crippen LogP contribution in [0.5, 0.6) is 0 Å². The van der Waals surface area contributed by atoms with Crippen LogP contribution in [0.4, 0.5) is 14.9 Å². The molecule has 2 unspecified atom stereocenters. The van der Waals surface area contributed by atoms with E-state index in [-0.39, 0.29) is 25.4 Å². The predicted octanol–water partition coefficient (Wildman–Crippen LogP) is 2.15. The minimum atomic E-state index is -0.609. The van der Waals surface area contributed by atoms with Gasteiger partial charge in [0.1, 0.15) is 17.5 Å². The summed E-state index contributed by atoms with van der Waals surface area (Å²) in [6.07, 6.45) is -0.727. The number of rotatable bonds is 6. The third-order valence-electron chi connectivity index (χ3n) is 3.76. The molecule has 144 valence electrons. The maximum absolute atomic E-state index is 14.1. The lowest BCUT2D eigenvalue weighted by Gasteiger charge is -2.20. The molecule has 2 atom stereocenters. The van der Waals surface area contributed by atoms with Gasteiger partial charge in [-0.15, -0.1) is 0 Å². The first-order valence-corrected chi connectivity index (χ1v) is 8.51. The highest BCUT2D eigenvalue weighted by Gasteiger charge is 2.36. The minimum Gasteiger partial charge on any atom is -0.460 e. The van der Waals surface area contributed by atoms with Crippen LogP contribution in [0.15, 0.2) is 18.2 Å². The van der Waals surface area contributed by atoms with Gasteiger partial charge in [0.25, 0.3) is 0 Å². The molecular formula is C18H25FN2O5. The fourth-order valence-electron chi connectivity index (χ4n) is 2.64. The second kappa shape index (κ2) is 8.35. The normalized spacial score (nSPS) is 19.8. The Labute approximate surface area is 151 Å². The van der Waals surface area contributed by atoms with Crippen LogP contribution < -0.4 is 10.6 Å². The van der Waals surface area contributed by atoms with Crippen molar-refractivity contribution >= 4 is 17.7 Å². The summed E-state index contributed by atoms with van der Waals surface area (Å²) in [5, 5.41) is 14.1. The number of nitrogens with one attached hydrogen (secondary N) is 2. The summed E-state index contributed by atoms with van der Waals surface area (Å²) in [6.45, 7) is 5.53. The van der Waals surface area contributed by atoms with E-state index in [9.17, 15) is 14.0 Å². The standard InChI is InChI=1S/C18H25FN2O5/c1-18(2,3)26-17(24)21-10-12-9-13(16(23)25-12)11-4-5-15(14(19)8-11)20-6-7-22/h4-5,8,12-13,20,22H,6-7,9-10H2,1-3H3,(H,21,24). The van der Waals surface area contributed by atoms with Crippen molar-refractivity contribution in [1.82, 2.24) is 5.32 Å². The Kier molecular flexibility index (Phi) is 6.42. The van der Waals surface area contributed by atoms with Gasteiger partial charge in [-0.25, -0.2) is 9.18 Å². The van der Waals surface area contributed by atoms with Gasteiger partial charge in [0, 0.05) is 13.0 Å². The summed E-state index contributed by atoms with van der Waals surface area (Å²) in [5.41, 5.74) is 0.168. The Morgan fingerprint density at radius 3 is 2.77 bits per heavy atom. The first-order chi connectivity index (χ1) is 12.2. The lowest BCUT2D eigenvalue weighted by molar-refractivity contribution is -0.142. The largest absolute Gasteiger partial charge is 0.460 e. The van der Waals surface area contributed by atoms with E-state index in [1.54, 1.807) is 26.8 Å². The van der Waals surface area contributed by atoms with E-state index in [0.717, 1.165) is 0 Å². The van der Waals surface area contributed by atoms with Gasteiger partial charge in [0.15, 0.2) is 0 Å². The number of hydrogen-bond acceptors (Lipinski definition) is 6. The van der Waals surface area contributed by atoms with Crippen molar-refractivity contribution in [2.45, 2.75) is 44.8 Å². The number of aliphatic hydroxyl groups excluding tert-OH is 1. The molecule has 1 fully saturated rings. The number of amides is 1. The van der Waals surface area contributed by atoms with Crippen molar-refractivity contribution in [3.05, 3.63) is 29.6 Å². The predicted molar refractivity (Wildman–Crippen MR) is 93.5 cm³/mol. The fraction of sp³-hybridized carbons (Fsp3) is 0.556. The molecule has 1 amide bonds. The Morgan fingerprint density at radius 2 is 2.15 bits per heavy atom. The van der Waals surface area contributed by atoms with Crippen LogP contribution in [0.2, 0.25) is 0 Å². The summed E-state index contributed by atoms with van der Waals surface area (Å²) in [7, 11) is 0. The average molecular weight is 368 g/mol. The second-order valence-corrected chi connectivity index (χ2v) is 7.12. The van der Waals surface area contributed by atoms with E-state index < -0.39 is 35.5 Å². The van der Waals surface area contributed by atoms with Crippen LogP contribution in [-0.4, -0.2) is 48.6 Å². The third-order valence-corrected chi connectivity index (χ3v) is 3.76. The van der Waals surface area contributed by atoms with Crippen LogP contribution >= 0.6 is 0 Å². The monoisotopic (exact) mass is 368 g/mol. The zero-order chi connectivity index (χ0) is 19.3. The van der Waals surface area contributed by atoms with Crippen molar-refractivity contribution < 1.29 is 28.6 Å². The van der Waals surface area contributed by atoms with Crippen LogP contribution in [-0.2, 0) is 14.3 Å². The van der Waals surface area contributed by atoms with Crippen molar-refractivity contribution in [3.8, 4) is 0 Å². The lowest BCUT2D eigenvalue weighted by atomic mass is 9.95.